The maximum absolute atomic E-state index is 6.04. The molecular weight excluding hydrogens is 262 g/mol. The van der Waals surface area contributed by atoms with Gasteiger partial charge in [0.2, 0.25) is 0 Å². The minimum Gasteiger partial charge on any atom is -0.327 e. The molecule has 0 heterocycles. The average molecular weight is 285 g/mol. The van der Waals surface area contributed by atoms with Gasteiger partial charge in [0.25, 0.3) is 0 Å². The SMILES string of the molecule is CCC(N)Cc1ccc(Sc2ccc(C)cc2)cc1C. The summed E-state index contributed by atoms with van der Waals surface area (Å²) in [5.41, 5.74) is 10.1. The van der Waals surface area contributed by atoms with Gasteiger partial charge in [0.1, 0.15) is 0 Å². The number of rotatable bonds is 5. The van der Waals surface area contributed by atoms with Crippen molar-refractivity contribution < 1.29 is 0 Å². The topological polar surface area (TPSA) is 26.0 Å². The molecule has 0 aliphatic heterocycles. The third kappa shape index (κ3) is 4.12. The van der Waals surface area contributed by atoms with Crippen LogP contribution in [-0.2, 0) is 6.42 Å². The molecule has 20 heavy (non-hydrogen) atoms. The summed E-state index contributed by atoms with van der Waals surface area (Å²) in [5.74, 6) is 0. The van der Waals surface area contributed by atoms with Crippen LogP contribution < -0.4 is 5.73 Å². The van der Waals surface area contributed by atoms with Crippen LogP contribution in [0, 0.1) is 13.8 Å². The van der Waals surface area contributed by atoms with E-state index in [-0.39, 0.29) is 6.04 Å². The lowest BCUT2D eigenvalue weighted by Gasteiger charge is -2.12. The molecule has 0 bridgehead atoms. The Morgan fingerprint density at radius 2 is 1.65 bits per heavy atom. The number of nitrogens with two attached hydrogens (primary N) is 1. The van der Waals surface area contributed by atoms with E-state index in [2.05, 4.69) is 63.2 Å². The molecule has 0 spiro atoms. The van der Waals surface area contributed by atoms with Crippen molar-refractivity contribution in [2.45, 2.75) is 49.4 Å². The Hall–Kier alpha value is -1.25. The maximum atomic E-state index is 6.04. The molecule has 0 aliphatic rings. The van der Waals surface area contributed by atoms with Gasteiger partial charge in [-0.3, -0.25) is 0 Å². The molecule has 2 rings (SSSR count). The fourth-order valence-corrected chi connectivity index (χ4v) is 3.05. The van der Waals surface area contributed by atoms with Crippen LogP contribution >= 0.6 is 11.8 Å². The molecular formula is C18H23NS. The van der Waals surface area contributed by atoms with Crippen molar-refractivity contribution >= 4 is 11.8 Å². The van der Waals surface area contributed by atoms with Gasteiger partial charge in [-0.25, -0.2) is 0 Å². The van der Waals surface area contributed by atoms with Gasteiger partial charge >= 0.3 is 0 Å². The van der Waals surface area contributed by atoms with E-state index in [0.717, 1.165) is 12.8 Å². The highest BCUT2D eigenvalue weighted by molar-refractivity contribution is 7.99. The Morgan fingerprint density at radius 3 is 2.25 bits per heavy atom. The van der Waals surface area contributed by atoms with Gasteiger partial charge in [-0.2, -0.15) is 0 Å². The molecule has 2 aromatic carbocycles. The Bertz CT molecular complexity index is 560. The van der Waals surface area contributed by atoms with Crippen LogP contribution in [-0.4, -0.2) is 6.04 Å². The normalized spacial score (nSPS) is 12.4. The lowest BCUT2D eigenvalue weighted by molar-refractivity contribution is 0.644. The summed E-state index contributed by atoms with van der Waals surface area (Å²) in [6.45, 7) is 6.43. The van der Waals surface area contributed by atoms with Gasteiger partial charge in [-0.15, -0.1) is 0 Å². The van der Waals surface area contributed by atoms with Crippen molar-refractivity contribution in [1.29, 1.82) is 0 Å². The van der Waals surface area contributed by atoms with Crippen LogP contribution in [0.4, 0.5) is 0 Å². The summed E-state index contributed by atoms with van der Waals surface area (Å²) in [6.07, 6.45) is 2.00. The van der Waals surface area contributed by atoms with Crippen LogP contribution in [0.3, 0.4) is 0 Å². The number of hydrogen-bond acceptors (Lipinski definition) is 2. The number of aryl methyl sites for hydroxylation is 2. The second kappa shape index (κ2) is 6.96. The second-order valence-electron chi connectivity index (χ2n) is 5.38. The smallest absolute Gasteiger partial charge is 0.0125 e. The number of benzene rings is 2. The van der Waals surface area contributed by atoms with E-state index in [4.69, 9.17) is 5.73 Å². The molecule has 0 saturated carbocycles. The Kier molecular flexibility index (Phi) is 5.27. The Balaban J connectivity index is 2.10. The highest BCUT2D eigenvalue weighted by Crippen LogP contribution is 2.29. The van der Waals surface area contributed by atoms with E-state index in [1.807, 2.05) is 11.8 Å². The first kappa shape index (κ1) is 15.1. The highest BCUT2D eigenvalue weighted by Gasteiger charge is 2.06. The van der Waals surface area contributed by atoms with Crippen molar-refractivity contribution in [3.05, 3.63) is 59.2 Å². The lowest BCUT2D eigenvalue weighted by Crippen LogP contribution is -2.21. The summed E-state index contributed by atoms with van der Waals surface area (Å²) < 4.78 is 0. The molecule has 0 fully saturated rings. The first-order chi connectivity index (χ1) is 9.58. The van der Waals surface area contributed by atoms with Gasteiger partial charge in [0.15, 0.2) is 0 Å². The third-order valence-electron chi connectivity index (χ3n) is 3.58. The lowest BCUT2D eigenvalue weighted by atomic mass is 10.0. The molecule has 2 aromatic rings. The van der Waals surface area contributed by atoms with Gasteiger partial charge in [-0.1, -0.05) is 42.4 Å². The molecule has 2 heteroatoms. The number of hydrogen-bond donors (Lipinski definition) is 1. The highest BCUT2D eigenvalue weighted by atomic mass is 32.2. The predicted octanol–water partition coefficient (Wildman–Crippen LogP) is 4.73. The zero-order valence-corrected chi connectivity index (χ0v) is 13.3. The molecule has 1 nitrogen and oxygen atoms in total. The first-order valence-electron chi connectivity index (χ1n) is 7.18. The largest absolute Gasteiger partial charge is 0.327 e. The molecule has 106 valence electrons. The average Bonchev–Trinajstić information content (AvgIpc) is 2.44. The predicted molar refractivity (Wildman–Crippen MR) is 88.5 cm³/mol. The Labute approximate surface area is 126 Å². The van der Waals surface area contributed by atoms with Gasteiger partial charge in [0, 0.05) is 15.8 Å². The van der Waals surface area contributed by atoms with Crippen LogP contribution in [0.5, 0.6) is 0 Å². The summed E-state index contributed by atoms with van der Waals surface area (Å²) in [4.78, 5) is 2.58. The Morgan fingerprint density at radius 1 is 1.00 bits per heavy atom. The standard InChI is InChI=1S/C18H23NS/c1-4-16(19)12-15-7-10-18(11-14(15)3)20-17-8-5-13(2)6-9-17/h5-11,16H,4,12,19H2,1-3H3. The zero-order chi connectivity index (χ0) is 14.5. The zero-order valence-electron chi connectivity index (χ0n) is 12.5. The van der Waals surface area contributed by atoms with Crippen molar-refractivity contribution in [1.82, 2.24) is 0 Å². The van der Waals surface area contributed by atoms with Gasteiger partial charge in [0.05, 0.1) is 0 Å². The van der Waals surface area contributed by atoms with Crippen LogP contribution in [0.15, 0.2) is 52.3 Å². The molecule has 0 amide bonds. The molecule has 0 radical (unpaired) electrons. The summed E-state index contributed by atoms with van der Waals surface area (Å²) in [5, 5.41) is 0. The molecule has 1 atom stereocenters. The van der Waals surface area contributed by atoms with E-state index < -0.39 is 0 Å². The second-order valence-corrected chi connectivity index (χ2v) is 6.52. The monoisotopic (exact) mass is 285 g/mol. The van der Waals surface area contributed by atoms with Crippen molar-refractivity contribution in [2.75, 3.05) is 0 Å². The molecule has 0 saturated heterocycles. The van der Waals surface area contributed by atoms with Crippen molar-refractivity contribution in [2.24, 2.45) is 5.73 Å². The molecule has 0 aliphatic carbocycles. The quantitative estimate of drug-likeness (QED) is 0.859. The summed E-state index contributed by atoms with van der Waals surface area (Å²) in [7, 11) is 0. The van der Waals surface area contributed by atoms with Gasteiger partial charge < -0.3 is 5.73 Å². The fourth-order valence-electron chi connectivity index (χ4n) is 2.13. The minimum atomic E-state index is 0.268. The van der Waals surface area contributed by atoms with Crippen LogP contribution in [0.25, 0.3) is 0 Å². The first-order valence-corrected chi connectivity index (χ1v) is 7.99. The molecule has 2 N–H and O–H groups in total. The fraction of sp³-hybridized carbons (Fsp3) is 0.333. The molecule has 1 unspecified atom stereocenters. The van der Waals surface area contributed by atoms with Crippen LogP contribution in [0.2, 0.25) is 0 Å². The maximum Gasteiger partial charge on any atom is 0.0125 e. The van der Waals surface area contributed by atoms with E-state index in [1.165, 1.54) is 26.5 Å². The third-order valence-corrected chi connectivity index (χ3v) is 4.57. The summed E-state index contributed by atoms with van der Waals surface area (Å²) in [6, 6.07) is 15.6. The van der Waals surface area contributed by atoms with Gasteiger partial charge in [-0.05, 0) is 62.1 Å². The van der Waals surface area contributed by atoms with E-state index in [0.29, 0.717) is 0 Å². The van der Waals surface area contributed by atoms with Crippen LogP contribution in [0.1, 0.15) is 30.0 Å². The van der Waals surface area contributed by atoms with E-state index in [9.17, 15) is 0 Å². The minimum absolute atomic E-state index is 0.268. The van der Waals surface area contributed by atoms with Crippen molar-refractivity contribution in [3.63, 3.8) is 0 Å². The summed E-state index contributed by atoms with van der Waals surface area (Å²) >= 11 is 1.81. The molecule has 0 aromatic heterocycles. The van der Waals surface area contributed by atoms with E-state index >= 15 is 0 Å². The van der Waals surface area contributed by atoms with Crippen molar-refractivity contribution in [3.8, 4) is 0 Å². The van der Waals surface area contributed by atoms with E-state index in [1.54, 1.807) is 0 Å².